The van der Waals surface area contributed by atoms with Crippen LogP contribution in [0.15, 0.2) is 18.2 Å². The van der Waals surface area contributed by atoms with E-state index < -0.39 is 0 Å². The SMILES string of the molecule is Cc1ccc(Nc2nc(C3CC3)nc(NN)c2C)cc1F. The Balaban J connectivity index is 1.96. The average molecular weight is 287 g/mol. The summed E-state index contributed by atoms with van der Waals surface area (Å²) in [5.41, 5.74) is 4.68. The van der Waals surface area contributed by atoms with E-state index in [1.54, 1.807) is 13.0 Å². The Morgan fingerprint density at radius 2 is 1.90 bits per heavy atom. The van der Waals surface area contributed by atoms with Crippen molar-refractivity contribution in [2.45, 2.75) is 32.6 Å². The number of halogens is 1. The first-order valence-electron chi connectivity index (χ1n) is 6.97. The number of nitrogen functional groups attached to an aromatic ring is 1. The topological polar surface area (TPSA) is 75.9 Å². The lowest BCUT2D eigenvalue weighted by molar-refractivity contribution is 0.619. The van der Waals surface area contributed by atoms with Crippen molar-refractivity contribution in [1.82, 2.24) is 9.97 Å². The van der Waals surface area contributed by atoms with Gasteiger partial charge in [0.1, 0.15) is 23.3 Å². The van der Waals surface area contributed by atoms with Gasteiger partial charge in [-0.1, -0.05) is 6.07 Å². The number of nitrogens with zero attached hydrogens (tertiary/aromatic N) is 2. The summed E-state index contributed by atoms with van der Waals surface area (Å²) in [4.78, 5) is 8.98. The van der Waals surface area contributed by atoms with Crippen LogP contribution >= 0.6 is 0 Å². The minimum absolute atomic E-state index is 0.244. The van der Waals surface area contributed by atoms with Crippen LogP contribution in [0.25, 0.3) is 0 Å². The van der Waals surface area contributed by atoms with Crippen LogP contribution in [0.3, 0.4) is 0 Å². The highest BCUT2D eigenvalue weighted by Crippen LogP contribution is 2.39. The number of aromatic nitrogens is 2. The number of nitrogens with one attached hydrogen (secondary N) is 2. The third-order valence-electron chi connectivity index (χ3n) is 3.68. The highest BCUT2D eigenvalue weighted by Gasteiger charge is 2.28. The summed E-state index contributed by atoms with van der Waals surface area (Å²) in [5.74, 6) is 7.72. The van der Waals surface area contributed by atoms with Crippen molar-refractivity contribution in [1.29, 1.82) is 0 Å². The second-order valence-corrected chi connectivity index (χ2v) is 5.41. The molecule has 110 valence electrons. The standard InChI is InChI=1S/C15H18FN5/c1-8-3-6-11(7-12(8)16)18-13-9(2)14(21-17)20-15(19-13)10-4-5-10/h3,6-7,10H,4-5,17H2,1-2H3,(H2,18,19,20,21). The number of rotatable bonds is 4. The summed E-state index contributed by atoms with van der Waals surface area (Å²) >= 11 is 0. The predicted octanol–water partition coefficient (Wildman–Crippen LogP) is 3.14. The molecule has 1 heterocycles. The quantitative estimate of drug-likeness (QED) is 0.595. The largest absolute Gasteiger partial charge is 0.340 e. The van der Waals surface area contributed by atoms with Crippen LogP contribution < -0.4 is 16.6 Å². The number of hydrazine groups is 1. The first-order chi connectivity index (χ1) is 10.1. The molecule has 1 aliphatic carbocycles. The summed E-state index contributed by atoms with van der Waals surface area (Å²) in [6.45, 7) is 3.61. The second kappa shape index (κ2) is 5.29. The van der Waals surface area contributed by atoms with Crippen molar-refractivity contribution in [3.8, 4) is 0 Å². The van der Waals surface area contributed by atoms with Gasteiger partial charge in [-0.3, -0.25) is 0 Å². The average Bonchev–Trinajstić information content (AvgIpc) is 3.29. The third kappa shape index (κ3) is 2.80. The molecule has 1 aromatic heterocycles. The molecule has 6 heteroatoms. The van der Waals surface area contributed by atoms with E-state index in [0.717, 1.165) is 24.2 Å². The summed E-state index contributed by atoms with van der Waals surface area (Å²) < 4.78 is 13.6. The van der Waals surface area contributed by atoms with Gasteiger partial charge in [0.15, 0.2) is 0 Å². The predicted molar refractivity (Wildman–Crippen MR) is 81.0 cm³/mol. The molecule has 0 spiro atoms. The molecule has 0 aliphatic heterocycles. The molecule has 1 aromatic carbocycles. The maximum absolute atomic E-state index is 13.6. The van der Waals surface area contributed by atoms with Gasteiger partial charge in [-0.15, -0.1) is 0 Å². The van der Waals surface area contributed by atoms with Crippen molar-refractivity contribution < 1.29 is 4.39 Å². The van der Waals surface area contributed by atoms with Gasteiger partial charge >= 0.3 is 0 Å². The first-order valence-corrected chi connectivity index (χ1v) is 6.97. The number of benzene rings is 1. The van der Waals surface area contributed by atoms with Crippen LogP contribution in [0.1, 0.15) is 35.7 Å². The molecule has 2 aromatic rings. The number of anilines is 3. The molecule has 0 unspecified atom stereocenters. The fourth-order valence-corrected chi connectivity index (χ4v) is 2.13. The van der Waals surface area contributed by atoms with E-state index in [9.17, 15) is 4.39 Å². The third-order valence-corrected chi connectivity index (χ3v) is 3.68. The smallest absolute Gasteiger partial charge is 0.148 e. The molecule has 1 saturated carbocycles. The lowest BCUT2D eigenvalue weighted by atomic mass is 10.2. The molecular formula is C15H18FN5. The van der Waals surface area contributed by atoms with Crippen molar-refractivity contribution in [3.63, 3.8) is 0 Å². The van der Waals surface area contributed by atoms with Gasteiger partial charge in [0.2, 0.25) is 0 Å². The Hall–Kier alpha value is -2.21. The van der Waals surface area contributed by atoms with Gasteiger partial charge in [0.25, 0.3) is 0 Å². The van der Waals surface area contributed by atoms with Gasteiger partial charge in [0.05, 0.1) is 0 Å². The number of nitrogens with two attached hydrogens (primary N) is 1. The molecule has 4 N–H and O–H groups in total. The molecule has 1 aliphatic rings. The molecule has 0 radical (unpaired) electrons. The first kappa shape index (κ1) is 13.8. The lowest BCUT2D eigenvalue weighted by Gasteiger charge is -2.14. The minimum Gasteiger partial charge on any atom is -0.340 e. The van der Waals surface area contributed by atoms with Crippen LogP contribution in [0, 0.1) is 19.7 Å². The highest BCUT2D eigenvalue weighted by atomic mass is 19.1. The fraction of sp³-hybridized carbons (Fsp3) is 0.333. The molecule has 0 saturated heterocycles. The molecule has 0 amide bonds. The highest BCUT2D eigenvalue weighted by molar-refractivity contribution is 5.65. The van der Waals surface area contributed by atoms with Crippen LogP contribution in [0.4, 0.5) is 21.7 Å². The minimum atomic E-state index is -0.244. The Labute approximate surface area is 122 Å². The maximum atomic E-state index is 13.6. The Bertz CT molecular complexity index is 682. The van der Waals surface area contributed by atoms with E-state index in [4.69, 9.17) is 5.84 Å². The van der Waals surface area contributed by atoms with Crippen molar-refractivity contribution in [2.24, 2.45) is 5.84 Å². The van der Waals surface area contributed by atoms with Crippen LogP contribution in [0.5, 0.6) is 0 Å². The maximum Gasteiger partial charge on any atom is 0.148 e. The zero-order valence-corrected chi connectivity index (χ0v) is 12.1. The molecule has 3 rings (SSSR count). The molecule has 21 heavy (non-hydrogen) atoms. The number of aryl methyl sites for hydroxylation is 1. The monoisotopic (exact) mass is 287 g/mol. The van der Waals surface area contributed by atoms with Crippen LogP contribution in [-0.4, -0.2) is 9.97 Å². The van der Waals surface area contributed by atoms with Crippen LogP contribution in [-0.2, 0) is 0 Å². The Kier molecular flexibility index (Phi) is 3.47. The summed E-state index contributed by atoms with van der Waals surface area (Å²) in [5, 5.41) is 3.15. The fourth-order valence-electron chi connectivity index (χ4n) is 2.13. The number of hydrogen-bond acceptors (Lipinski definition) is 5. The zero-order chi connectivity index (χ0) is 15.0. The van der Waals surface area contributed by atoms with Crippen molar-refractivity contribution in [2.75, 3.05) is 10.7 Å². The molecule has 0 atom stereocenters. The van der Waals surface area contributed by atoms with Gasteiger partial charge in [0, 0.05) is 17.2 Å². The van der Waals surface area contributed by atoms with E-state index >= 15 is 0 Å². The molecular weight excluding hydrogens is 269 g/mol. The summed E-state index contributed by atoms with van der Waals surface area (Å²) in [7, 11) is 0. The number of hydrogen-bond donors (Lipinski definition) is 3. The van der Waals surface area contributed by atoms with E-state index in [2.05, 4.69) is 20.7 Å². The van der Waals surface area contributed by atoms with Crippen LogP contribution in [0.2, 0.25) is 0 Å². The second-order valence-electron chi connectivity index (χ2n) is 5.41. The lowest BCUT2D eigenvalue weighted by Crippen LogP contribution is -2.13. The van der Waals surface area contributed by atoms with Crippen molar-refractivity contribution >= 4 is 17.3 Å². The Morgan fingerprint density at radius 3 is 2.52 bits per heavy atom. The summed E-state index contributed by atoms with van der Waals surface area (Å²) in [6.07, 6.45) is 2.21. The van der Waals surface area contributed by atoms with E-state index in [1.165, 1.54) is 6.07 Å². The van der Waals surface area contributed by atoms with Crippen molar-refractivity contribution in [3.05, 3.63) is 41.0 Å². The molecule has 0 bridgehead atoms. The normalized spacial score (nSPS) is 14.1. The van der Waals surface area contributed by atoms with Gasteiger partial charge in [-0.25, -0.2) is 20.2 Å². The van der Waals surface area contributed by atoms with Gasteiger partial charge in [-0.05, 0) is 44.4 Å². The molecule has 1 fully saturated rings. The Morgan fingerprint density at radius 1 is 1.19 bits per heavy atom. The zero-order valence-electron chi connectivity index (χ0n) is 12.1. The van der Waals surface area contributed by atoms with E-state index in [0.29, 0.717) is 28.8 Å². The summed E-state index contributed by atoms with van der Waals surface area (Å²) in [6, 6.07) is 5.02. The molecule has 5 nitrogen and oxygen atoms in total. The van der Waals surface area contributed by atoms with E-state index in [-0.39, 0.29) is 5.82 Å². The van der Waals surface area contributed by atoms with E-state index in [1.807, 2.05) is 13.0 Å². The van der Waals surface area contributed by atoms with Gasteiger partial charge in [-0.2, -0.15) is 0 Å². The van der Waals surface area contributed by atoms with Gasteiger partial charge < -0.3 is 10.7 Å².